The third-order valence-electron chi connectivity index (χ3n) is 7.78. The van der Waals surface area contributed by atoms with E-state index in [1.54, 1.807) is 0 Å². The van der Waals surface area contributed by atoms with Crippen molar-refractivity contribution in [1.29, 1.82) is 0 Å². The van der Waals surface area contributed by atoms with Gasteiger partial charge in [0.15, 0.2) is 0 Å². The highest BCUT2D eigenvalue weighted by molar-refractivity contribution is 6.76. The molecule has 1 N–H and O–H groups in total. The molecule has 9 heteroatoms. The van der Waals surface area contributed by atoms with E-state index in [-0.39, 0.29) is 11.8 Å². The van der Waals surface area contributed by atoms with Gasteiger partial charge >= 0.3 is 0 Å². The third kappa shape index (κ3) is 5.43. The van der Waals surface area contributed by atoms with E-state index in [0.29, 0.717) is 31.5 Å². The second-order valence-corrected chi connectivity index (χ2v) is 17.6. The molecule has 0 bridgehead atoms. The van der Waals surface area contributed by atoms with Gasteiger partial charge in [0.05, 0.1) is 11.1 Å². The highest BCUT2D eigenvalue weighted by Gasteiger charge is 2.52. The summed E-state index contributed by atoms with van der Waals surface area (Å²) in [6, 6.07) is 12.5. The van der Waals surface area contributed by atoms with Gasteiger partial charge in [-0.25, -0.2) is 0 Å². The highest BCUT2D eigenvalue weighted by Crippen LogP contribution is 2.48. The largest absolute Gasteiger partial charge is 0.492 e. The molecule has 198 valence electrons. The molecule has 0 radical (unpaired) electrons. The van der Waals surface area contributed by atoms with Crippen LogP contribution in [0.1, 0.15) is 34.3 Å². The van der Waals surface area contributed by atoms with Gasteiger partial charge in [0, 0.05) is 38.4 Å². The van der Waals surface area contributed by atoms with E-state index in [4.69, 9.17) is 21.1 Å². The molecule has 5 rings (SSSR count). The average Bonchev–Trinajstić information content (AvgIpc) is 3.33. The number of halogens is 1. The van der Waals surface area contributed by atoms with Crippen molar-refractivity contribution in [3.63, 3.8) is 0 Å². The van der Waals surface area contributed by atoms with E-state index < -0.39 is 13.5 Å². The van der Waals surface area contributed by atoms with E-state index in [1.165, 1.54) is 0 Å². The van der Waals surface area contributed by atoms with Crippen molar-refractivity contribution in [3.05, 3.63) is 58.1 Å². The molecule has 0 saturated carbocycles. The molecule has 0 atom stereocenters. The van der Waals surface area contributed by atoms with Gasteiger partial charge in [-0.3, -0.25) is 19.4 Å². The molecule has 2 aromatic carbocycles. The molecule has 2 aromatic rings. The molecule has 7 nitrogen and oxygen atoms in total. The summed E-state index contributed by atoms with van der Waals surface area (Å²) in [6.45, 7) is 11.5. The first-order valence-electron chi connectivity index (χ1n) is 13.1. The SMILES string of the molecule is C[Si](C)(C)CCOCN1C(=O)C2(CCN(CCOc3ccc4c(c3)CNC4=O)CC2)c2cc(Cl)ccc21. The van der Waals surface area contributed by atoms with Crippen LogP contribution in [0.4, 0.5) is 5.69 Å². The summed E-state index contributed by atoms with van der Waals surface area (Å²) < 4.78 is 12.0. The van der Waals surface area contributed by atoms with Crippen molar-refractivity contribution in [2.24, 2.45) is 0 Å². The van der Waals surface area contributed by atoms with Crippen LogP contribution in [-0.2, 0) is 21.5 Å². The van der Waals surface area contributed by atoms with Crippen molar-refractivity contribution >= 4 is 37.2 Å². The van der Waals surface area contributed by atoms with Crippen LogP contribution in [0.15, 0.2) is 36.4 Å². The monoisotopic (exact) mass is 541 g/mol. The standard InChI is InChI=1S/C28H36ClN3O4Si/c1-37(2,3)15-14-35-19-32-25-7-4-21(29)17-24(25)28(27(32)34)8-10-31(11-9-28)12-13-36-22-5-6-23-20(16-22)18-30-26(23)33/h4-7,16-17H,8-15,18-19H2,1-3H3,(H,30,33). The second-order valence-electron chi connectivity index (χ2n) is 11.5. The number of piperidine rings is 1. The van der Waals surface area contributed by atoms with Crippen LogP contribution in [0.3, 0.4) is 0 Å². The fourth-order valence-corrected chi connectivity index (χ4v) is 6.43. The lowest BCUT2D eigenvalue weighted by molar-refractivity contribution is -0.126. The number of amides is 2. The van der Waals surface area contributed by atoms with Gasteiger partial charge in [0.25, 0.3) is 5.91 Å². The minimum atomic E-state index is -1.19. The van der Waals surface area contributed by atoms with E-state index in [9.17, 15) is 9.59 Å². The van der Waals surface area contributed by atoms with E-state index in [2.05, 4.69) is 29.9 Å². The zero-order chi connectivity index (χ0) is 26.2. The molecule has 0 unspecified atom stereocenters. The van der Waals surface area contributed by atoms with Crippen molar-refractivity contribution in [2.45, 2.75) is 50.5 Å². The summed E-state index contributed by atoms with van der Waals surface area (Å²) in [5, 5.41) is 3.49. The maximum absolute atomic E-state index is 13.8. The number of anilines is 1. The van der Waals surface area contributed by atoms with E-state index >= 15 is 0 Å². The Hall–Kier alpha value is -2.39. The van der Waals surface area contributed by atoms with E-state index in [0.717, 1.165) is 66.6 Å². The molecule has 37 heavy (non-hydrogen) atoms. The summed E-state index contributed by atoms with van der Waals surface area (Å²) >= 11 is 6.39. The van der Waals surface area contributed by atoms with Crippen molar-refractivity contribution in [1.82, 2.24) is 10.2 Å². The Balaban J connectivity index is 1.18. The van der Waals surface area contributed by atoms with Gasteiger partial charge < -0.3 is 14.8 Å². The normalized spacial score (nSPS) is 18.8. The van der Waals surface area contributed by atoms with Crippen molar-refractivity contribution in [3.8, 4) is 5.75 Å². The summed E-state index contributed by atoms with van der Waals surface area (Å²) in [5.41, 5.74) is 3.14. The first-order chi connectivity index (χ1) is 17.7. The van der Waals surface area contributed by atoms with E-state index in [1.807, 2.05) is 41.3 Å². The maximum Gasteiger partial charge on any atom is 0.251 e. The van der Waals surface area contributed by atoms with Crippen molar-refractivity contribution < 1.29 is 19.1 Å². The second kappa shape index (κ2) is 10.4. The number of likely N-dealkylation sites (tertiary alicyclic amines) is 1. The minimum Gasteiger partial charge on any atom is -0.492 e. The van der Waals surface area contributed by atoms with Gasteiger partial charge in [0.1, 0.15) is 19.1 Å². The molecular weight excluding hydrogens is 506 g/mol. The molecule has 0 aromatic heterocycles. The molecule has 2 amide bonds. The van der Waals surface area contributed by atoms with Gasteiger partial charge in [0.2, 0.25) is 5.91 Å². The van der Waals surface area contributed by atoms with Gasteiger partial charge in [-0.05, 0) is 79.5 Å². The first kappa shape index (κ1) is 26.2. The number of fused-ring (bicyclic) bond motifs is 3. The number of hydrogen-bond donors (Lipinski definition) is 1. The van der Waals surface area contributed by atoms with Crippen LogP contribution < -0.4 is 15.0 Å². The fraction of sp³-hybridized carbons (Fsp3) is 0.500. The Morgan fingerprint density at radius 1 is 1.05 bits per heavy atom. The van der Waals surface area contributed by atoms with Crippen LogP contribution in [-0.4, -0.2) is 64.4 Å². The van der Waals surface area contributed by atoms with Crippen LogP contribution in [0.25, 0.3) is 0 Å². The highest BCUT2D eigenvalue weighted by atomic mass is 35.5. The molecule has 0 aliphatic carbocycles. The molecule has 3 heterocycles. The quantitative estimate of drug-likeness (QED) is 0.369. The summed E-state index contributed by atoms with van der Waals surface area (Å²) in [6.07, 6.45) is 1.49. The molecule has 3 aliphatic rings. The minimum absolute atomic E-state index is 0.0233. The molecular formula is C28H36ClN3O4Si. The predicted octanol–water partition coefficient (Wildman–Crippen LogP) is 4.65. The van der Waals surface area contributed by atoms with Crippen LogP contribution >= 0.6 is 11.6 Å². The van der Waals surface area contributed by atoms with Crippen LogP contribution in [0.5, 0.6) is 5.75 Å². The van der Waals surface area contributed by atoms with Crippen molar-refractivity contribution in [2.75, 3.05) is 44.5 Å². The Labute approximate surface area is 225 Å². The molecule has 1 saturated heterocycles. The fourth-order valence-electron chi connectivity index (χ4n) is 5.50. The number of nitrogens with one attached hydrogen (secondary N) is 1. The average molecular weight is 542 g/mol. The predicted molar refractivity (Wildman–Crippen MR) is 148 cm³/mol. The summed E-state index contributed by atoms with van der Waals surface area (Å²) in [5.74, 6) is 0.892. The summed E-state index contributed by atoms with van der Waals surface area (Å²) in [7, 11) is -1.19. The lowest BCUT2D eigenvalue weighted by atomic mass is 9.73. The van der Waals surface area contributed by atoms with Crippen LogP contribution in [0.2, 0.25) is 30.7 Å². The van der Waals surface area contributed by atoms with Gasteiger partial charge in [-0.1, -0.05) is 31.2 Å². The Morgan fingerprint density at radius 3 is 2.59 bits per heavy atom. The Morgan fingerprint density at radius 2 is 1.84 bits per heavy atom. The number of carbonyl (C=O) groups is 2. The molecule has 1 spiro atoms. The zero-order valence-corrected chi connectivity index (χ0v) is 23.7. The lowest BCUT2D eigenvalue weighted by Gasteiger charge is -2.38. The Kier molecular flexibility index (Phi) is 7.37. The first-order valence-corrected chi connectivity index (χ1v) is 17.2. The van der Waals surface area contributed by atoms with Gasteiger partial charge in [-0.2, -0.15) is 0 Å². The number of ether oxygens (including phenoxy) is 2. The number of rotatable bonds is 9. The number of carbonyl (C=O) groups excluding carboxylic acids is 2. The zero-order valence-electron chi connectivity index (χ0n) is 21.9. The maximum atomic E-state index is 13.8. The molecule has 3 aliphatic heterocycles. The smallest absolute Gasteiger partial charge is 0.251 e. The number of nitrogens with zero attached hydrogens (tertiary/aromatic N) is 2. The topological polar surface area (TPSA) is 71.1 Å². The Bertz CT molecular complexity index is 1190. The van der Waals surface area contributed by atoms with Gasteiger partial charge in [-0.15, -0.1) is 0 Å². The number of benzene rings is 2. The summed E-state index contributed by atoms with van der Waals surface area (Å²) in [4.78, 5) is 29.7. The van der Waals surface area contributed by atoms with Crippen LogP contribution in [0, 0.1) is 0 Å². The molecule has 1 fully saturated rings. The number of hydrogen-bond acceptors (Lipinski definition) is 5. The third-order valence-corrected chi connectivity index (χ3v) is 9.72. The lowest BCUT2D eigenvalue weighted by Crippen LogP contribution is -2.49.